The van der Waals surface area contributed by atoms with E-state index in [9.17, 15) is 9.59 Å². The van der Waals surface area contributed by atoms with Crippen molar-refractivity contribution in [3.8, 4) is 5.69 Å². The predicted molar refractivity (Wildman–Crippen MR) is 122 cm³/mol. The Morgan fingerprint density at radius 1 is 1.24 bits per heavy atom. The van der Waals surface area contributed by atoms with Crippen LogP contribution in [0.4, 0.5) is 19.4 Å². The first-order valence-corrected chi connectivity index (χ1v) is 11.0. The van der Waals surface area contributed by atoms with Crippen LogP contribution in [0.25, 0.3) is 16.9 Å². The molecular weight excluding hydrogens is 502 g/mol. The largest absolute Gasteiger partial charge is 0.444 e. The summed E-state index contributed by atoms with van der Waals surface area (Å²) in [6.45, 7) is 4.10. The molecule has 0 radical (unpaired) electrons. The van der Waals surface area contributed by atoms with Crippen molar-refractivity contribution in [1.82, 2.24) is 24.0 Å². The van der Waals surface area contributed by atoms with Gasteiger partial charge in [0, 0.05) is 11.0 Å². The molecule has 1 amide bonds. The first-order chi connectivity index (χ1) is 15.4. The molecular formula is C21H23BrF2N6O3. The number of imidazole rings is 1. The number of ether oxygens (including phenoxy) is 1. The number of alkyl halides is 2. The van der Waals surface area contributed by atoms with Crippen molar-refractivity contribution in [2.24, 2.45) is 0 Å². The summed E-state index contributed by atoms with van der Waals surface area (Å²) in [6, 6.07) is 5.23. The number of piperidine rings is 1. The molecule has 0 bridgehead atoms. The van der Waals surface area contributed by atoms with Crippen molar-refractivity contribution in [3.05, 3.63) is 45.5 Å². The third kappa shape index (κ3) is 4.31. The molecule has 33 heavy (non-hydrogen) atoms. The number of aromatic nitrogens is 4. The molecule has 1 aliphatic heterocycles. The third-order valence-corrected chi connectivity index (χ3v) is 5.82. The number of halogens is 3. The molecule has 12 heteroatoms. The van der Waals surface area contributed by atoms with Gasteiger partial charge in [-0.05, 0) is 51.5 Å². The zero-order valence-corrected chi connectivity index (χ0v) is 19.8. The maximum Gasteiger partial charge on any atom is 0.410 e. The van der Waals surface area contributed by atoms with Gasteiger partial charge in [0.15, 0.2) is 11.5 Å². The van der Waals surface area contributed by atoms with E-state index in [-0.39, 0.29) is 29.9 Å². The van der Waals surface area contributed by atoms with Crippen LogP contribution < -0.4 is 11.4 Å². The second-order valence-electron chi connectivity index (χ2n) is 8.86. The number of hydrogen-bond acceptors (Lipinski definition) is 6. The fourth-order valence-electron chi connectivity index (χ4n) is 3.91. The van der Waals surface area contributed by atoms with Crippen LogP contribution >= 0.6 is 15.9 Å². The number of rotatable bonds is 2. The Morgan fingerprint density at radius 2 is 1.91 bits per heavy atom. The van der Waals surface area contributed by atoms with Crippen LogP contribution in [0, 0.1) is 0 Å². The summed E-state index contributed by atoms with van der Waals surface area (Å²) in [7, 11) is 0. The molecule has 1 saturated heterocycles. The van der Waals surface area contributed by atoms with E-state index in [2.05, 4.69) is 25.9 Å². The number of nitrogen functional groups attached to an aromatic ring is 1. The topological polar surface area (TPSA) is 108 Å². The van der Waals surface area contributed by atoms with E-state index < -0.39 is 35.9 Å². The van der Waals surface area contributed by atoms with Crippen LogP contribution in [-0.2, 0) is 4.74 Å². The smallest absolute Gasteiger partial charge is 0.410 e. The molecule has 1 fully saturated rings. The van der Waals surface area contributed by atoms with Crippen LogP contribution in [0.3, 0.4) is 0 Å². The Morgan fingerprint density at radius 3 is 2.52 bits per heavy atom. The van der Waals surface area contributed by atoms with Crippen molar-refractivity contribution in [2.75, 3.05) is 18.8 Å². The molecule has 1 aromatic carbocycles. The molecule has 2 N–H and O–H groups in total. The average molecular weight is 525 g/mol. The summed E-state index contributed by atoms with van der Waals surface area (Å²) in [5.41, 5.74) is 5.09. The van der Waals surface area contributed by atoms with Crippen LogP contribution in [0.2, 0.25) is 0 Å². The lowest BCUT2D eigenvalue weighted by molar-refractivity contribution is -0.103. The highest BCUT2D eigenvalue weighted by Crippen LogP contribution is 2.38. The zero-order valence-electron chi connectivity index (χ0n) is 18.3. The highest BCUT2D eigenvalue weighted by molar-refractivity contribution is 9.10. The molecule has 0 aliphatic carbocycles. The number of hydrogen-bond donors (Lipinski definition) is 1. The molecule has 0 unspecified atom stereocenters. The maximum atomic E-state index is 15.4. The van der Waals surface area contributed by atoms with Gasteiger partial charge in [-0.1, -0.05) is 15.9 Å². The first kappa shape index (κ1) is 23.1. The molecule has 1 aliphatic rings. The molecule has 9 nitrogen and oxygen atoms in total. The number of nitrogens with zero attached hydrogens (tertiary/aromatic N) is 5. The summed E-state index contributed by atoms with van der Waals surface area (Å²) in [5, 5.41) is 0. The predicted octanol–water partition coefficient (Wildman–Crippen LogP) is 3.74. The Hall–Kier alpha value is -3.02. The normalized spacial score (nSPS) is 18.5. The number of carbonyl (C=O) groups excluding carboxylic acids is 1. The van der Waals surface area contributed by atoms with Crippen LogP contribution in [0.5, 0.6) is 0 Å². The number of likely N-dealkylation sites (tertiary alicyclic amines) is 1. The van der Waals surface area contributed by atoms with Gasteiger partial charge in [-0.3, -0.25) is 9.13 Å². The van der Waals surface area contributed by atoms with Crippen LogP contribution in [0.1, 0.15) is 33.2 Å². The zero-order chi connectivity index (χ0) is 24.1. The second kappa shape index (κ2) is 8.08. The molecule has 3 heterocycles. The van der Waals surface area contributed by atoms with E-state index in [0.29, 0.717) is 5.69 Å². The molecule has 4 rings (SSSR count). The fraction of sp³-hybridized carbons (Fsp3) is 0.429. The van der Waals surface area contributed by atoms with Gasteiger partial charge in [0.25, 0.3) is 5.92 Å². The van der Waals surface area contributed by atoms with E-state index in [1.807, 2.05) is 0 Å². The van der Waals surface area contributed by atoms with Gasteiger partial charge in [-0.25, -0.2) is 28.3 Å². The fourth-order valence-corrected chi connectivity index (χ4v) is 4.17. The molecule has 0 saturated carbocycles. The monoisotopic (exact) mass is 524 g/mol. The number of amides is 1. The average Bonchev–Trinajstić information content (AvgIpc) is 3.00. The lowest BCUT2D eigenvalue weighted by atomic mass is 10.0. The van der Waals surface area contributed by atoms with Crippen LogP contribution in [0.15, 0.2) is 39.9 Å². The summed E-state index contributed by atoms with van der Waals surface area (Å²) < 4.78 is 39.0. The SMILES string of the molecule is CC(C)(C)OC(=O)N1CC[C@@H](n2c(=O)n(-c3ccc(Br)cc3)c3c(N)ncnc32)C(F)(F)C1. The van der Waals surface area contributed by atoms with E-state index in [1.165, 1.54) is 4.57 Å². The molecule has 2 aromatic heterocycles. The van der Waals surface area contributed by atoms with Gasteiger partial charge in [-0.2, -0.15) is 0 Å². The van der Waals surface area contributed by atoms with Crippen molar-refractivity contribution in [3.63, 3.8) is 0 Å². The molecule has 176 valence electrons. The van der Waals surface area contributed by atoms with E-state index in [1.54, 1.807) is 45.0 Å². The minimum Gasteiger partial charge on any atom is -0.444 e. The van der Waals surface area contributed by atoms with Crippen molar-refractivity contribution in [2.45, 2.75) is 44.8 Å². The lowest BCUT2D eigenvalue weighted by Gasteiger charge is -2.38. The summed E-state index contributed by atoms with van der Waals surface area (Å²) >= 11 is 3.34. The van der Waals surface area contributed by atoms with Gasteiger partial charge >= 0.3 is 11.8 Å². The number of anilines is 1. The number of carbonyl (C=O) groups is 1. The number of fused-ring (bicyclic) bond motifs is 1. The molecule has 0 spiro atoms. The van der Waals surface area contributed by atoms with Crippen molar-refractivity contribution >= 4 is 39.0 Å². The Labute approximate surface area is 196 Å². The highest BCUT2D eigenvalue weighted by atomic mass is 79.9. The van der Waals surface area contributed by atoms with Gasteiger partial charge in [0.1, 0.15) is 23.5 Å². The number of benzene rings is 1. The van der Waals surface area contributed by atoms with Gasteiger partial charge in [0.05, 0.1) is 12.2 Å². The van der Waals surface area contributed by atoms with Crippen LogP contribution in [-0.4, -0.2) is 54.7 Å². The van der Waals surface area contributed by atoms with E-state index in [0.717, 1.165) is 20.3 Å². The van der Waals surface area contributed by atoms with E-state index >= 15 is 8.78 Å². The maximum absolute atomic E-state index is 15.4. The van der Waals surface area contributed by atoms with Crippen molar-refractivity contribution < 1.29 is 18.3 Å². The third-order valence-electron chi connectivity index (χ3n) is 5.29. The Kier molecular flexibility index (Phi) is 5.67. The van der Waals surface area contributed by atoms with Gasteiger partial charge in [-0.15, -0.1) is 0 Å². The summed E-state index contributed by atoms with van der Waals surface area (Å²) in [4.78, 5) is 34.8. The lowest BCUT2D eigenvalue weighted by Crippen LogP contribution is -2.53. The first-order valence-electron chi connectivity index (χ1n) is 10.2. The number of nitrogens with two attached hydrogens (primary N) is 1. The molecule has 3 aromatic rings. The summed E-state index contributed by atoms with van der Waals surface area (Å²) in [5.74, 6) is -3.43. The molecule has 1 atom stereocenters. The minimum atomic E-state index is -3.42. The Balaban J connectivity index is 1.79. The second-order valence-corrected chi connectivity index (χ2v) is 9.78. The van der Waals surface area contributed by atoms with Crippen molar-refractivity contribution in [1.29, 1.82) is 0 Å². The minimum absolute atomic E-state index is 0.00538. The highest BCUT2D eigenvalue weighted by Gasteiger charge is 2.49. The van der Waals surface area contributed by atoms with Gasteiger partial charge < -0.3 is 15.4 Å². The van der Waals surface area contributed by atoms with Gasteiger partial charge in [0.2, 0.25) is 0 Å². The quantitative estimate of drug-likeness (QED) is 0.546. The van der Waals surface area contributed by atoms with E-state index in [4.69, 9.17) is 10.5 Å². The Bertz CT molecular complexity index is 1270. The summed E-state index contributed by atoms with van der Waals surface area (Å²) in [6.07, 6.45) is 0.139. The standard InChI is InChI=1S/C21H23BrF2N6O3/c1-20(2,3)33-19(32)28-9-8-14(21(23,24)10-28)30-17-15(16(25)26-11-27-17)29(18(30)31)13-6-4-12(22)5-7-13/h4-7,11,14H,8-10H2,1-3H3,(H2,25,26,27)/t14-/m1/s1.